The van der Waals surface area contributed by atoms with E-state index in [-0.39, 0.29) is 11.4 Å². The molecule has 0 unspecified atom stereocenters. The topological polar surface area (TPSA) is 35.2 Å². The Labute approximate surface area is 117 Å². The number of anilines is 1. The summed E-state index contributed by atoms with van der Waals surface area (Å²) >= 11 is 0. The molecule has 0 aromatic heterocycles. The molecule has 0 aliphatic carbocycles. The molecule has 20 heavy (non-hydrogen) atoms. The zero-order chi connectivity index (χ0) is 14.5. The van der Waals surface area contributed by atoms with Crippen LogP contribution in [0.5, 0.6) is 11.5 Å². The van der Waals surface area contributed by atoms with Gasteiger partial charge in [0.25, 0.3) is 0 Å². The summed E-state index contributed by atoms with van der Waals surface area (Å²) in [6, 6.07) is 9.55. The lowest BCUT2D eigenvalue weighted by Gasteiger charge is -2.10. The molecule has 4 heteroatoms. The van der Waals surface area contributed by atoms with Crippen molar-refractivity contribution in [2.75, 3.05) is 5.73 Å². The third-order valence-corrected chi connectivity index (χ3v) is 3.04. The van der Waals surface area contributed by atoms with Crippen LogP contribution in [-0.4, -0.2) is 0 Å². The molecule has 0 saturated heterocycles. The SMILES string of the molecule is CCCCc1ccc(Oc2c(N)ccc(F)c2F)cc1. The Morgan fingerprint density at radius 3 is 2.40 bits per heavy atom. The molecule has 0 aliphatic rings. The molecular weight excluding hydrogens is 260 g/mol. The van der Waals surface area contributed by atoms with Crippen LogP contribution in [0.2, 0.25) is 0 Å². The maximum absolute atomic E-state index is 13.6. The highest BCUT2D eigenvalue weighted by Gasteiger charge is 2.14. The van der Waals surface area contributed by atoms with E-state index in [1.54, 1.807) is 12.1 Å². The van der Waals surface area contributed by atoms with Crippen molar-refractivity contribution in [2.45, 2.75) is 26.2 Å². The summed E-state index contributed by atoms with van der Waals surface area (Å²) < 4.78 is 32.1. The van der Waals surface area contributed by atoms with E-state index < -0.39 is 11.6 Å². The Hall–Kier alpha value is -2.10. The van der Waals surface area contributed by atoms with Gasteiger partial charge in [0.05, 0.1) is 5.69 Å². The quantitative estimate of drug-likeness (QED) is 0.805. The Bertz CT molecular complexity index is 582. The number of hydrogen-bond acceptors (Lipinski definition) is 2. The van der Waals surface area contributed by atoms with Crippen molar-refractivity contribution >= 4 is 5.69 Å². The third kappa shape index (κ3) is 3.26. The fourth-order valence-corrected chi connectivity index (χ4v) is 1.87. The smallest absolute Gasteiger partial charge is 0.203 e. The van der Waals surface area contributed by atoms with Gasteiger partial charge in [-0.05, 0) is 42.7 Å². The van der Waals surface area contributed by atoms with Crippen molar-refractivity contribution in [1.82, 2.24) is 0 Å². The van der Waals surface area contributed by atoms with Gasteiger partial charge in [0.1, 0.15) is 5.75 Å². The second kappa shape index (κ2) is 6.37. The summed E-state index contributed by atoms with van der Waals surface area (Å²) in [5.41, 5.74) is 6.86. The highest BCUT2D eigenvalue weighted by atomic mass is 19.2. The van der Waals surface area contributed by atoms with Crippen molar-refractivity contribution in [1.29, 1.82) is 0 Å². The first kappa shape index (κ1) is 14.3. The molecule has 0 aliphatic heterocycles. The fourth-order valence-electron chi connectivity index (χ4n) is 1.87. The summed E-state index contributed by atoms with van der Waals surface area (Å²) in [4.78, 5) is 0. The molecule has 0 fully saturated rings. The summed E-state index contributed by atoms with van der Waals surface area (Å²) in [6.07, 6.45) is 3.24. The van der Waals surface area contributed by atoms with Crippen LogP contribution in [0.1, 0.15) is 25.3 Å². The second-order valence-electron chi connectivity index (χ2n) is 4.63. The number of benzene rings is 2. The molecule has 0 amide bonds. The van der Waals surface area contributed by atoms with Crippen LogP contribution in [0.3, 0.4) is 0 Å². The minimum absolute atomic E-state index is 0.0685. The standard InChI is InChI=1S/C16H17F2NO/c1-2-3-4-11-5-7-12(8-6-11)20-16-14(19)10-9-13(17)15(16)18/h5-10H,2-4,19H2,1H3. The molecule has 2 rings (SSSR count). The minimum atomic E-state index is -1.07. The molecule has 0 radical (unpaired) electrons. The summed E-state index contributed by atoms with van der Waals surface area (Å²) in [5, 5.41) is 0. The van der Waals surface area contributed by atoms with Gasteiger partial charge in [0, 0.05) is 0 Å². The molecule has 0 spiro atoms. The van der Waals surface area contributed by atoms with Crippen LogP contribution < -0.4 is 10.5 Å². The van der Waals surface area contributed by atoms with Crippen LogP contribution in [0.25, 0.3) is 0 Å². The Morgan fingerprint density at radius 2 is 1.75 bits per heavy atom. The molecule has 0 saturated carbocycles. The first-order valence-electron chi connectivity index (χ1n) is 6.62. The largest absolute Gasteiger partial charge is 0.452 e. The van der Waals surface area contributed by atoms with E-state index in [0.717, 1.165) is 25.3 Å². The average Bonchev–Trinajstić information content (AvgIpc) is 2.47. The van der Waals surface area contributed by atoms with Gasteiger partial charge in [0.15, 0.2) is 11.6 Å². The second-order valence-corrected chi connectivity index (χ2v) is 4.63. The normalized spacial score (nSPS) is 10.6. The van der Waals surface area contributed by atoms with Gasteiger partial charge >= 0.3 is 0 Å². The average molecular weight is 277 g/mol. The molecule has 0 heterocycles. The van der Waals surface area contributed by atoms with E-state index in [1.807, 2.05) is 12.1 Å². The van der Waals surface area contributed by atoms with Gasteiger partial charge in [-0.3, -0.25) is 0 Å². The molecule has 0 bridgehead atoms. The van der Waals surface area contributed by atoms with E-state index in [9.17, 15) is 8.78 Å². The highest BCUT2D eigenvalue weighted by Crippen LogP contribution is 2.31. The van der Waals surface area contributed by atoms with E-state index >= 15 is 0 Å². The number of nitrogens with two attached hydrogens (primary N) is 1. The van der Waals surface area contributed by atoms with Gasteiger partial charge in [-0.15, -0.1) is 0 Å². The summed E-state index contributed by atoms with van der Waals surface area (Å²) in [5.74, 6) is -1.89. The lowest BCUT2D eigenvalue weighted by Crippen LogP contribution is -1.98. The first-order valence-corrected chi connectivity index (χ1v) is 6.62. The van der Waals surface area contributed by atoms with Crippen LogP contribution in [0, 0.1) is 11.6 Å². The fraction of sp³-hybridized carbons (Fsp3) is 0.250. The molecule has 0 atom stereocenters. The lowest BCUT2D eigenvalue weighted by atomic mass is 10.1. The molecule has 106 valence electrons. The Morgan fingerprint density at radius 1 is 1.05 bits per heavy atom. The molecular formula is C16H17F2NO. The molecule has 2 aromatic carbocycles. The van der Waals surface area contributed by atoms with Gasteiger partial charge in [-0.1, -0.05) is 25.5 Å². The van der Waals surface area contributed by atoms with Crippen molar-refractivity contribution in [3.05, 3.63) is 53.6 Å². The molecule has 2 nitrogen and oxygen atoms in total. The predicted octanol–water partition coefficient (Wildman–Crippen LogP) is 4.68. The van der Waals surface area contributed by atoms with E-state index in [2.05, 4.69) is 6.92 Å². The van der Waals surface area contributed by atoms with E-state index in [0.29, 0.717) is 5.75 Å². The Kier molecular flexibility index (Phi) is 4.56. The molecule has 2 aromatic rings. The predicted molar refractivity (Wildman–Crippen MR) is 75.9 cm³/mol. The number of nitrogen functional groups attached to an aromatic ring is 1. The third-order valence-electron chi connectivity index (χ3n) is 3.04. The number of rotatable bonds is 5. The van der Waals surface area contributed by atoms with Gasteiger partial charge < -0.3 is 10.5 Å². The van der Waals surface area contributed by atoms with Crippen molar-refractivity contribution < 1.29 is 13.5 Å². The minimum Gasteiger partial charge on any atom is -0.452 e. The van der Waals surface area contributed by atoms with Crippen LogP contribution in [0.15, 0.2) is 36.4 Å². The van der Waals surface area contributed by atoms with Crippen LogP contribution >= 0.6 is 0 Å². The van der Waals surface area contributed by atoms with Gasteiger partial charge in [0.2, 0.25) is 5.82 Å². The monoisotopic (exact) mass is 277 g/mol. The van der Waals surface area contributed by atoms with Gasteiger partial charge in [-0.2, -0.15) is 4.39 Å². The Balaban J connectivity index is 2.16. The van der Waals surface area contributed by atoms with Crippen molar-refractivity contribution in [3.8, 4) is 11.5 Å². The van der Waals surface area contributed by atoms with E-state index in [1.165, 1.54) is 11.6 Å². The number of halogens is 2. The number of ether oxygens (including phenoxy) is 1. The molecule has 2 N–H and O–H groups in total. The van der Waals surface area contributed by atoms with E-state index in [4.69, 9.17) is 10.5 Å². The maximum Gasteiger partial charge on any atom is 0.203 e. The number of hydrogen-bond donors (Lipinski definition) is 1. The first-order chi connectivity index (χ1) is 9.61. The summed E-state index contributed by atoms with van der Waals surface area (Å²) in [6.45, 7) is 2.13. The van der Waals surface area contributed by atoms with Crippen molar-refractivity contribution in [3.63, 3.8) is 0 Å². The highest BCUT2D eigenvalue weighted by molar-refractivity contribution is 5.54. The number of unbranched alkanes of at least 4 members (excludes halogenated alkanes) is 1. The van der Waals surface area contributed by atoms with Gasteiger partial charge in [-0.25, -0.2) is 4.39 Å². The van der Waals surface area contributed by atoms with Crippen LogP contribution in [0.4, 0.5) is 14.5 Å². The van der Waals surface area contributed by atoms with Crippen molar-refractivity contribution in [2.24, 2.45) is 0 Å². The summed E-state index contributed by atoms with van der Waals surface area (Å²) in [7, 11) is 0. The maximum atomic E-state index is 13.6. The zero-order valence-electron chi connectivity index (χ0n) is 11.3. The van der Waals surface area contributed by atoms with Crippen LogP contribution in [-0.2, 0) is 6.42 Å². The number of aryl methyl sites for hydroxylation is 1. The zero-order valence-corrected chi connectivity index (χ0v) is 11.3. The lowest BCUT2D eigenvalue weighted by molar-refractivity contribution is 0.418.